The van der Waals surface area contributed by atoms with E-state index in [-0.39, 0.29) is 26.5 Å². The molecule has 1 aliphatic rings. The predicted octanol–water partition coefficient (Wildman–Crippen LogP) is 4.01. The second kappa shape index (κ2) is 8.24. The van der Waals surface area contributed by atoms with Crippen molar-refractivity contribution in [2.45, 2.75) is 9.79 Å². The smallest absolute Gasteiger partial charge is 0.338 e. The van der Waals surface area contributed by atoms with Crippen LogP contribution in [0, 0.1) is 0 Å². The van der Waals surface area contributed by atoms with E-state index in [1.165, 1.54) is 30.3 Å². The number of ketones is 1. The molecule has 0 aliphatic carbocycles. The number of hydrogen-bond donors (Lipinski definition) is 1. The molecule has 8 heteroatoms. The number of rotatable bonds is 4. The summed E-state index contributed by atoms with van der Waals surface area (Å²) in [5.74, 6) is -1.86. The van der Waals surface area contributed by atoms with Crippen molar-refractivity contribution in [2.75, 3.05) is 11.9 Å². The summed E-state index contributed by atoms with van der Waals surface area (Å²) >= 11 is 0. The molecule has 1 aliphatic heterocycles. The van der Waals surface area contributed by atoms with E-state index in [1.54, 1.807) is 18.2 Å². The Balaban J connectivity index is 1.34. The molecule has 0 radical (unpaired) electrons. The summed E-state index contributed by atoms with van der Waals surface area (Å²) in [4.78, 5) is 37.3. The van der Waals surface area contributed by atoms with Gasteiger partial charge in [-0.3, -0.25) is 9.59 Å². The molecular weight excluding hydrogens is 454 g/mol. The van der Waals surface area contributed by atoms with Crippen LogP contribution >= 0.6 is 0 Å². The van der Waals surface area contributed by atoms with Crippen molar-refractivity contribution < 1.29 is 27.5 Å². The minimum Gasteiger partial charge on any atom is -0.452 e. The molecule has 0 atom stereocenters. The van der Waals surface area contributed by atoms with E-state index in [1.807, 2.05) is 30.3 Å². The molecule has 7 nitrogen and oxygen atoms in total. The summed E-state index contributed by atoms with van der Waals surface area (Å²) in [6, 6.07) is 22.6. The largest absolute Gasteiger partial charge is 0.452 e. The molecule has 0 aromatic heterocycles. The third-order valence-electron chi connectivity index (χ3n) is 5.57. The Hall–Kier alpha value is -4.30. The molecule has 1 amide bonds. The number of carbonyl (C=O) groups is 3. The first kappa shape index (κ1) is 21.5. The van der Waals surface area contributed by atoms with Crippen LogP contribution in [0.2, 0.25) is 0 Å². The average molecular weight is 471 g/mol. The highest BCUT2D eigenvalue weighted by Crippen LogP contribution is 2.34. The molecule has 0 saturated heterocycles. The molecule has 0 fully saturated rings. The Kier molecular flexibility index (Phi) is 5.22. The van der Waals surface area contributed by atoms with E-state index < -0.39 is 34.1 Å². The van der Waals surface area contributed by atoms with Crippen molar-refractivity contribution in [3.8, 4) is 0 Å². The van der Waals surface area contributed by atoms with Crippen molar-refractivity contribution in [1.29, 1.82) is 0 Å². The van der Waals surface area contributed by atoms with Crippen LogP contribution < -0.4 is 5.32 Å². The van der Waals surface area contributed by atoms with E-state index >= 15 is 0 Å². The van der Waals surface area contributed by atoms with E-state index in [0.29, 0.717) is 5.69 Å². The van der Waals surface area contributed by atoms with Crippen molar-refractivity contribution in [2.24, 2.45) is 0 Å². The fourth-order valence-electron chi connectivity index (χ4n) is 3.95. The minimum atomic E-state index is -3.99. The Morgan fingerprint density at radius 2 is 1.50 bits per heavy atom. The van der Waals surface area contributed by atoms with E-state index in [4.69, 9.17) is 4.74 Å². The minimum absolute atomic E-state index is 0.0102. The van der Waals surface area contributed by atoms with E-state index in [2.05, 4.69) is 5.32 Å². The molecule has 34 heavy (non-hydrogen) atoms. The lowest BCUT2D eigenvalue weighted by atomic mass is 10.0. The Bertz CT molecular complexity index is 1600. The van der Waals surface area contributed by atoms with Crippen molar-refractivity contribution >= 4 is 44.0 Å². The molecular formula is C26H17NO6S. The highest BCUT2D eigenvalue weighted by Gasteiger charge is 2.35. The van der Waals surface area contributed by atoms with Gasteiger partial charge in [-0.15, -0.1) is 0 Å². The van der Waals surface area contributed by atoms with Gasteiger partial charge in [0.05, 0.1) is 15.4 Å². The van der Waals surface area contributed by atoms with Gasteiger partial charge in [-0.1, -0.05) is 48.5 Å². The molecule has 0 spiro atoms. The number of carbonyl (C=O) groups excluding carboxylic acids is 3. The van der Waals surface area contributed by atoms with Gasteiger partial charge in [-0.05, 0) is 41.8 Å². The topological polar surface area (TPSA) is 107 Å². The molecule has 4 aromatic rings. The molecule has 0 unspecified atom stereocenters. The number of hydrogen-bond acceptors (Lipinski definition) is 6. The maximum Gasteiger partial charge on any atom is 0.338 e. The summed E-state index contributed by atoms with van der Waals surface area (Å²) in [5, 5.41) is 4.50. The molecule has 168 valence electrons. The average Bonchev–Trinajstić information content (AvgIpc) is 2.86. The van der Waals surface area contributed by atoms with Gasteiger partial charge in [-0.2, -0.15) is 0 Å². The molecule has 4 aromatic carbocycles. The number of amides is 1. The standard InChI is InChI=1S/C26H17NO6S/c28-24(27-21-10-5-7-16-6-1-2-8-18(16)21)15-33-26(30)17-12-13-20-23(14-17)34(31,32)22-11-4-3-9-19(22)25(20)29/h1-14H,15H2,(H,27,28). The maximum atomic E-state index is 13.0. The molecule has 1 N–H and O–H groups in total. The third kappa shape index (κ3) is 3.64. The number of sulfone groups is 1. The van der Waals surface area contributed by atoms with Gasteiger partial charge in [0.25, 0.3) is 5.91 Å². The van der Waals surface area contributed by atoms with Gasteiger partial charge in [0.1, 0.15) is 0 Å². The van der Waals surface area contributed by atoms with Crippen molar-refractivity contribution in [3.05, 3.63) is 102 Å². The molecule has 0 bridgehead atoms. The number of anilines is 1. The molecule has 0 saturated carbocycles. The summed E-state index contributed by atoms with van der Waals surface area (Å²) in [5.41, 5.74) is 0.586. The summed E-state index contributed by atoms with van der Waals surface area (Å²) in [6.07, 6.45) is 0. The van der Waals surface area contributed by atoms with Crippen LogP contribution in [0.5, 0.6) is 0 Å². The maximum absolute atomic E-state index is 13.0. The van der Waals surface area contributed by atoms with Crippen molar-refractivity contribution in [1.82, 2.24) is 0 Å². The zero-order valence-corrected chi connectivity index (χ0v) is 18.5. The second-order valence-corrected chi connectivity index (χ2v) is 9.58. The lowest BCUT2D eigenvalue weighted by Crippen LogP contribution is -2.23. The van der Waals surface area contributed by atoms with Gasteiger partial charge in [0.15, 0.2) is 12.4 Å². The van der Waals surface area contributed by atoms with Gasteiger partial charge < -0.3 is 10.1 Å². The van der Waals surface area contributed by atoms with Gasteiger partial charge in [0, 0.05) is 22.2 Å². The number of ether oxygens (including phenoxy) is 1. The van der Waals surface area contributed by atoms with Gasteiger partial charge in [-0.25, -0.2) is 13.2 Å². The number of fused-ring (bicyclic) bond motifs is 3. The lowest BCUT2D eigenvalue weighted by Gasteiger charge is -2.19. The zero-order chi connectivity index (χ0) is 23.9. The molecule has 1 heterocycles. The summed E-state index contributed by atoms with van der Waals surface area (Å²) in [7, 11) is -3.99. The first-order valence-electron chi connectivity index (χ1n) is 10.3. The van der Waals surface area contributed by atoms with Crippen LogP contribution in [-0.4, -0.2) is 32.7 Å². The summed E-state index contributed by atoms with van der Waals surface area (Å²) < 4.78 is 31.1. The highest BCUT2D eigenvalue weighted by atomic mass is 32.2. The van der Waals surface area contributed by atoms with Crippen LogP contribution in [-0.2, 0) is 19.4 Å². The fraction of sp³-hybridized carbons (Fsp3) is 0.0385. The van der Waals surface area contributed by atoms with Crippen molar-refractivity contribution in [3.63, 3.8) is 0 Å². The lowest BCUT2D eigenvalue weighted by molar-refractivity contribution is -0.119. The number of nitrogens with one attached hydrogen (secondary N) is 1. The summed E-state index contributed by atoms with van der Waals surface area (Å²) in [6.45, 7) is -0.562. The van der Waals surface area contributed by atoms with Crippen LogP contribution in [0.4, 0.5) is 5.69 Å². The quantitative estimate of drug-likeness (QED) is 0.397. The van der Waals surface area contributed by atoms with Gasteiger partial charge >= 0.3 is 5.97 Å². The fourth-order valence-corrected chi connectivity index (χ4v) is 5.62. The Morgan fingerprint density at radius 3 is 2.35 bits per heavy atom. The number of benzene rings is 4. The predicted molar refractivity (Wildman–Crippen MR) is 125 cm³/mol. The SMILES string of the molecule is O=C(COC(=O)c1ccc2c(c1)S(=O)(=O)c1ccccc1C2=O)Nc1cccc2ccccc12. The van der Waals surface area contributed by atoms with Crippen LogP contribution in [0.1, 0.15) is 26.3 Å². The normalized spacial score (nSPS) is 13.6. The van der Waals surface area contributed by atoms with E-state index in [0.717, 1.165) is 16.8 Å². The van der Waals surface area contributed by atoms with E-state index in [9.17, 15) is 22.8 Å². The third-order valence-corrected chi connectivity index (χ3v) is 7.42. The van der Waals surface area contributed by atoms with Crippen LogP contribution in [0.25, 0.3) is 10.8 Å². The highest BCUT2D eigenvalue weighted by molar-refractivity contribution is 7.91. The Labute approximate surface area is 194 Å². The van der Waals surface area contributed by atoms with Gasteiger partial charge in [0.2, 0.25) is 9.84 Å². The van der Waals surface area contributed by atoms with Crippen LogP contribution in [0.15, 0.2) is 94.7 Å². The number of esters is 1. The molecule has 5 rings (SSSR count). The first-order chi connectivity index (χ1) is 16.4. The second-order valence-electron chi connectivity index (χ2n) is 7.69. The monoisotopic (exact) mass is 471 g/mol. The first-order valence-corrected chi connectivity index (χ1v) is 11.8. The van der Waals surface area contributed by atoms with Crippen LogP contribution in [0.3, 0.4) is 0 Å². The zero-order valence-electron chi connectivity index (χ0n) is 17.6. The Morgan fingerprint density at radius 1 is 0.794 bits per heavy atom.